The van der Waals surface area contributed by atoms with Crippen molar-refractivity contribution in [1.82, 2.24) is 15.4 Å². The van der Waals surface area contributed by atoms with Crippen LogP contribution in [0.4, 0.5) is 8.78 Å². The number of hydrogen-bond acceptors (Lipinski definition) is 3. The van der Waals surface area contributed by atoms with Gasteiger partial charge in [-0.25, -0.2) is 21.9 Å². The van der Waals surface area contributed by atoms with E-state index in [1.54, 1.807) is 19.1 Å². The van der Waals surface area contributed by atoms with Crippen molar-refractivity contribution >= 4 is 40.0 Å². The first-order chi connectivity index (χ1) is 13.2. The Labute approximate surface area is 187 Å². The number of aliphatic imine (C=N–C) groups is 1. The Morgan fingerprint density at radius 1 is 1.03 bits per heavy atom. The molecule has 0 aliphatic heterocycles. The van der Waals surface area contributed by atoms with E-state index in [2.05, 4.69) is 20.3 Å². The summed E-state index contributed by atoms with van der Waals surface area (Å²) in [6.07, 6.45) is 0. The summed E-state index contributed by atoms with van der Waals surface area (Å²) in [5, 5.41) is 5.77. The summed E-state index contributed by atoms with van der Waals surface area (Å²) in [5.74, 6) is -0.706. The maximum absolute atomic E-state index is 13.6. The third-order valence-corrected chi connectivity index (χ3v) is 5.62. The molecule has 160 valence electrons. The lowest BCUT2D eigenvalue weighted by Crippen LogP contribution is -2.41. The van der Waals surface area contributed by atoms with E-state index in [9.17, 15) is 17.2 Å². The molecule has 6 nitrogen and oxygen atoms in total. The van der Waals surface area contributed by atoms with Gasteiger partial charge in [-0.05, 0) is 49.2 Å². The fourth-order valence-corrected chi connectivity index (χ4v) is 3.88. The van der Waals surface area contributed by atoms with E-state index in [0.717, 1.165) is 23.8 Å². The highest BCUT2D eigenvalue weighted by molar-refractivity contribution is 14.0. The van der Waals surface area contributed by atoms with Gasteiger partial charge in [0.1, 0.15) is 11.6 Å². The van der Waals surface area contributed by atoms with Gasteiger partial charge in [0.2, 0.25) is 10.0 Å². The molecule has 0 heterocycles. The lowest BCUT2D eigenvalue weighted by Gasteiger charge is -2.14. The van der Waals surface area contributed by atoms with Crippen molar-refractivity contribution in [3.8, 4) is 0 Å². The zero-order chi connectivity index (χ0) is 20.7. The molecule has 0 atom stereocenters. The molecule has 0 unspecified atom stereocenters. The molecule has 0 saturated heterocycles. The van der Waals surface area contributed by atoms with Crippen LogP contribution in [0.2, 0.25) is 0 Å². The second-order valence-electron chi connectivity index (χ2n) is 6.26. The van der Waals surface area contributed by atoms with Gasteiger partial charge in [-0.2, -0.15) is 0 Å². The van der Waals surface area contributed by atoms with Crippen LogP contribution in [0.5, 0.6) is 0 Å². The number of nitrogens with one attached hydrogen (secondary N) is 3. The van der Waals surface area contributed by atoms with Crippen LogP contribution in [0.1, 0.15) is 16.7 Å². The normalized spacial score (nSPS) is 11.7. The fourth-order valence-electron chi connectivity index (χ4n) is 2.52. The van der Waals surface area contributed by atoms with Crippen LogP contribution in [0, 0.1) is 25.5 Å². The zero-order valence-electron chi connectivity index (χ0n) is 16.4. The molecule has 2 aromatic rings. The Balaban J connectivity index is 0.00000420. The van der Waals surface area contributed by atoms with Crippen molar-refractivity contribution in [2.75, 3.05) is 20.1 Å². The van der Waals surface area contributed by atoms with Gasteiger partial charge < -0.3 is 10.6 Å². The quantitative estimate of drug-likeness (QED) is 0.219. The lowest BCUT2D eigenvalue weighted by atomic mass is 10.2. The molecule has 29 heavy (non-hydrogen) atoms. The molecule has 10 heteroatoms. The van der Waals surface area contributed by atoms with E-state index in [1.165, 1.54) is 7.05 Å². The van der Waals surface area contributed by atoms with Gasteiger partial charge in [-0.15, -0.1) is 24.0 Å². The van der Waals surface area contributed by atoms with Crippen LogP contribution in [-0.2, 0) is 16.6 Å². The minimum atomic E-state index is -3.63. The topological polar surface area (TPSA) is 82.6 Å². The highest BCUT2D eigenvalue weighted by Gasteiger charge is 2.16. The first-order valence-electron chi connectivity index (χ1n) is 8.68. The van der Waals surface area contributed by atoms with Gasteiger partial charge in [0.25, 0.3) is 0 Å². The third kappa shape index (κ3) is 7.52. The molecule has 0 bridgehead atoms. The highest BCUT2D eigenvalue weighted by Crippen LogP contribution is 2.16. The molecule has 0 aromatic heterocycles. The van der Waals surface area contributed by atoms with Gasteiger partial charge in [0.15, 0.2) is 5.96 Å². The monoisotopic (exact) mass is 538 g/mol. The van der Waals surface area contributed by atoms with Gasteiger partial charge in [0, 0.05) is 32.2 Å². The van der Waals surface area contributed by atoms with Crippen LogP contribution in [0.25, 0.3) is 0 Å². The first kappa shape index (κ1) is 25.2. The van der Waals surface area contributed by atoms with E-state index >= 15 is 0 Å². The Hall–Kier alpha value is -1.79. The number of halogens is 3. The van der Waals surface area contributed by atoms with Crippen molar-refractivity contribution in [1.29, 1.82) is 0 Å². The number of benzene rings is 2. The molecular formula is C19H25F2IN4O2S. The second-order valence-corrected chi connectivity index (χ2v) is 7.99. The number of guanidine groups is 1. The molecule has 3 N–H and O–H groups in total. The van der Waals surface area contributed by atoms with Gasteiger partial charge in [-0.3, -0.25) is 4.99 Å². The average Bonchev–Trinajstić information content (AvgIpc) is 2.65. The summed E-state index contributed by atoms with van der Waals surface area (Å²) in [5.41, 5.74) is 1.69. The number of sulfonamides is 1. The maximum Gasteiger partial charge on any atom is 0.240 e. The minimum Gasteiger partial charge on any atom is -0.355 e. The van der Waals surface area contributed by atoms with Gasteiger partial charge in [-0.1, -0.05) is 12.1 Å². The van der Waals surface area contributed by atoms with Gasteiger partial charge >= 0.3 is 0 Å². The molecule has 0 fully saturated rings. The van der Waals surface area contributed by atoms with E-state index in [-0.39, 0.29) is 54.1 Å². The predicted molar refractivity (Wildman–Crippen MR) is 121 cm³/mol. The minimum absolute atomic E-state index is 0. The maximum atomic E-state index is 13.6. The Morgan fingerprint density at radius 3 is 2.45 bits per heavy atom. The number of nitrogens with zero attached hydrogens (tertiary/aromatic N) is 1. The van der Waals surface area contributed by atoms with Crippen LogP contribution in [0.15, 0.2) is 46.3 Å². The SMILES string of the molecule is CN=C(NCCNS(=O)(=O)c1cc(C)ccc1C)NCc1cc(F)ccc1F.I. The Bertz CT molecular complexity index is 969. The van der Waals surface area contributed by atoms with Crippen molar-refractivity contribution in [2.45, 2.75) is 25.3 Å². The predicted octanol–water partition coefficient (Wildman–Crippen LogP) is 2.84. The molecular weight excluding hydrogens is 513 g/mol. The first-order valence-corrected chi connectivity index (χ1v) is 10.2. The summed E-state index contributed by atoms with van der Waals surface area (Å²) in [4.78, 5) is 4.22. The Kier molecular flexibility index (Phi) is 9.93. The molecule has 2 aromatic carbocycles. The molecule has 0 amide bonds. The average molecular weight is 538 g/mol. The van der Waals surface area contributed by atoms with Crippen molar-refractivity contribution in [3.05, 3.63) is 64.7 Å². The van der Waals surface area contributed by atoms with E-state index < -0.39 is 21.7 Å². The Morgan fingerprint density at radius 2 is 1.76 bits per heavy atom. The zero-order valence-corrected chi connectivity index (χ0v) is 19.6. The van der Waals surface area contributed by atoms with Crippen molar-refractivity contribution < 1.29 is 17.2 Å². The smallest absolute Gasteiger partial charge is 0.240 e. The standard InChI is InChI=1S/C19H24F2N4O2S.HI/c1-13-4-5-14(2)18(10-13)28(26,27)25-9-8-23-19(22-3)24-12-15-11-16(20)6-7-17(15)21;/h4-7,10-11,25H,8-9,12H2,1-3H3,(H2,22,23,24);1H. The van der Waals surface area contributed by atoms with E-state index in [1.807, 2.05) is 13.0 Å². The number of rotatable bonds is 7. The lowest BCUT2D eigenvalue weighted by molar-refractivity contribution is 0.578. The fraction of sp³-hybridized carbons (Fsp3) is 0.316. The van der Waals surface area contributed by atoms with Crippen LogP contribution >= 0.6 is 24.0 Å². The molecule has 0 aliphatic rings. The van der Waals surface area contributed by atoms with Crippen molar-refractivity contribution in [3.63, 3.8) is 0 Å². The van der Waals surface area contributed by atoms with Gasteiger partial charge in [0.05, 0.1) is 4.90 Å². The summed E-state index contributed by atoms with van der Waals surface area (Å²) in [7, 11) is -2.10. The molecule has 2 rings (SSSR count). The molecule has 0 saturated carbocycles. The molecule has 0 spiro atoms. The summed E-state index contributed by atoms with van der Waals surface area (Å²) in [6.45, 7) is 4.00. The summed E-state index contributed by atoms with van der Waals surface area (Å²) >= 11 is 0. The van der Waals surface area contributed by atoms with Crippen LogP contribution < -0.4 is 15.4 Å². The third-order valence-electron chi connectivity index (χ3n) is 4.02. The molecule has 0 aliphatic carbocycles. The number of hydrogen-bond donors (Lipinski definition) is 3. The second kappa shape index (κ2) is 11.4. The summed E-state index contributed by atoms with van der Waals surface area (Å²) < 4.78 is 54.2. The van der Waals surface area contributed by atoms with E-state index in [0.29, 0.717) is 11.5 Å². The van der Waals surface area contributed by atoms with E-state index in [4.69, 9.17) is 0 Å². The molecule has 0 radical (unpaired) electrons. The highest BCUT2D eigenvalue weighted by atomic mass is 127. The van der Waals surface area contributed by atoms with Crippen LogP contribution in [-0.4, -0.2) is 34.5 Å². The largest absolute Gasteiger partial charge is 0.355 e. The number of aryl methyl sites for hydroxylation is 2. The van der Waals surface area contributed by atoms with Crippen LogP contribution in [0.3, 0.4) is 0 Å². The summed E-state index contributed by atoms with van der Waals surface area (Å²) in [6, 6.07) is 8.46. The van der Waals surface area contributed by atoms with Crippen molar-refractivity contribution in [2.24, 2.45) is 4.99 Å².